The van der Waals surface area contributed by atoms with Crippen LogP contribution in [0.2, 0.25) is 0 Å². The fourth-order valence-corrected chi connectivity index (χ4v) is 0. The minimum atomic E-state index is 0.158. The van der Waals surface area contributed by atoms with Gasteiger partial charge in [-0.05, 0) is 0 Å². The van der Waals surface area contributed by atoms with Crippen molar-refractivity contribution in [3.05, 3.63) is 12.3 Å². The van der Waals surface area contributed by atoms with E-state index < -0.39 is 0 Å². The molecule has 0 rings (SSSR count). The highest BCUT2D eigenvalue weighted by molar-refractivity contribution is 14.1. The van der Waals surface area contributed by atoms with Gasteiger partial charge in [-0.2, -0.15) is 0 Å². The molecule has 0 aliphatic rings. The lowest BCUT2D eigenvalue weighted by atomic mass is 11.3. The second-order valence-corrected chi connectivity index (χ2v) is 3.97. The standard InChI is InChI=1S/C2H5ISi/c1-2-4-3/h2H,1,4H2. The predicted molar refractivity (Wildman–Crippen MR) is 32.8 cm³/mol. The van der Waals surface area contributed by atoms with Gasteiger partial charge in [0.25, 0.3) is 0 Å². The molecular formula is C2H5ISi. The second-order valence-electron chi connectivity index (χ2n) is 0.443. The molecule has 0 saturated heterocycles. The molecular weight excluding hydrogens is 179 g/mol. The van der Waals surface area contributed by atoms with Crippen molar-refractivity contribution in [3.63, 3.8) is 0 Å². The Kier molecular flexibility index (Phi) is 4.32. The summed E-state index contributed by atoms with van der Waals surface area (Å²) in [6, 6.07) is 0. The SMILES string of the molecule is C=C[SiH2]I. The predicted octanol–water partition coefficient (Wildman–Crippen LogP) is 0.649. The van der Waals surface area contributed by atoms with Gasteiger partial charge in [-0.1, -0.05) is 5.70 Å². The van der Waals surface area contributed by atoms with Crippen molar-refractivity contribution >= 4 is 28.8 Å². The fraction of sp³-hybridized carbons (Fsp3) is 0. The van der Waals surface area contributed by atoms with E-state index in [4.69, 9.17) is 0 Å². The zero-order valence-electron chi connectivity index (χ0n) is 2.37. The van der Waals surface area contributed by atoms with Gasteiger partial charge in [-0.3, -0.25) is 0 Å². The Morgan fingerprint density at radius 2 is 2.25 bits per heavy atom. The lowest BCUT2D eigenvalue weighted by Gasteiger charge is -1.53. The van der Waals surface area contributed by atoms with Gasteiger partial charge in [0.1, 0.15) is 7.02 Å². The molecule has 0 bridgehead atoms. The average Bonchev–Trinajstić information content (AvgIpc) is 1.37. The number of halogens is 1. The highest BCUT2D eigenvalue weighted by Gasteiger charge is 1.51. The van der Waals surface area contributed by atoms with Gasteiger partial charge in [0.15, 0.2) is 0 Å². The Balaban J connectivity index is 2.30. The molecule has 0 fully saturated rings. The van der Waals surface area contributed by atoms with Crippen LogP contribution >= 0.6 is 21.8 Å². The minimum Gasteiger partial charge on any atom is -0.122 e. The van der Waals surface area contributed by atoms with E-state index in [9.17, 15) is 0 Å². The molecule has 24 valence electrons. The van der Waals surface area contributed by atoms with E-state index in [-0.39, 0.29) is 7.02 Å². The first-order chi connectivity index (χ1) is 1.91. The van der Waals surface area contributed by atoms with Gasteiger partial charge in [-0.25, -0.2) is 0 Å². The van der Waals surface area contributed by atoms with E-state index in [1.165, 1.54) is 0 Å². The highest BCUT2D eigenvalue weighted by atomic mass is 127. The summed E-state index contributed by atoms with van der Waals surface area (Å²) in [6.45, 7) is 3.53. The van der Waals surface area contributed by atoms with Crippen LogP contribution in [-0.4, -0.2) is 7.02 Å². The quantitative estimate of drug-likeness (QED) is 0.319. The van der Waals surface area contributed by atoms with E-state index >= 15 is 0 Å². The molecule has 0 heterocycles. The molecule has 0 aliphatic heterocycles. The average molecular weight is 184 g/mol. The van der Waals surface area contributed by atoms with Crippen LogP contribution in [0.4, 0.5) is 0 Å². The van der Waals surface area contributed by atoms with Crippen LogP contribution in [0.25, 0.3) is 0 Å². The van der Waals surface area contributed by atoms with Crippen LogP contribution in [-0.2, 0) is 0 Å². The van der Waals surface area contributed by atoms with Gasteiger partial charge in [-0.15, -0.1) is 28.4 Å². The summed E-state index contributed by atoms with van der Waals surface area (Å²) >= 11 is 2.37. The Labute approximate surface area is 41.3 Å². The highest BCUT2D eigenvalue weighted by Crippen LogP contribution is 1.69. The summed E-state index contributed by atoms with van der Waals surface area (Å²) in [6.07, 6.45) is 0. The maximum atomic E-state index is 3.53. The van der Waals surface area contributed by atoms with Crippen molar-refractivity contribution in [1.29, 1.82) is 0 Å². The van der Waals surface area contributed by atoms with E-state index in [2.05, 4.69) is 28.4 Å². The summed E-state index contributed by atoms with van der Waals surface area (Å²) in [7, 11) is 0.158. The van der Waals surface area contributed by atoms with Crippen molar-refractivity contribution in [2.45, 2.75) is 0 Å². The number of rotatable bonds is 1. The first kappa shape index (κ1) is 4.69. The minimum absolute atomic E-state index is 0.158. The van der Waals surface area contributed by atoms with Crippen LogP contribution in [0, 0.1) is 0 Å². The Bertz CT molecular complexity index is 20.0. The van der Waals surface area contributed by atoms with Crippen molar-refractivity contribution in [2.75, 3.05) is 0 Å². The van der Waals surface area contributed by atoms with E-state index in [1.54, 1.807) is 0 Å². The molecule has 0 aromatic rings. The summed E-state index contributed by atoms with van der Waals surface area (Å²) in [5, 5.41) is 0. The molecule has 0 amide bonds. The molecule has 0 aliphatic carbocycles. The lowest BCUT2D eigenvalue weighted by Crippen LogP contribution is -1.52. The zero-order valence-corrected chi connectivity index (χ0v) is 5.94. The monoisotopic (exact) mass is 184 g/mol. The molecule has 0 saturated carbocycles. The van der Waals surface area contributed by atoms with Crippen LogP contribution in [0.3, 0.4) is 0 Å². The Morgan fingerprint density at radius 3 is 2.25 bits per heavy atom. The largest absolute Gasteiger partial charge is 0.122 e. The number of hydrogen-bond acceptors (Lipinski definition) is 0. The third kappa shape index (κ3) is 2.69. The summed E-state index contributed by atoms with van der Waals surface area (Å²) in [5.41, 5.74) is 2.00. The van der Waals surface area contributed by atoms with Crippen molar-refractivity contribution in [2.24, 2.45) is 0 Å². The van der Waals surface area contributed by atoms with Gasteiger partial charge in [0.05, 0.1) is 0 Å². The molecule has 0 aromatic heterocycles. The maximum Gasteiger partial charge on any atom is 0.116 e. The van der Waals surface area contributed by atoms with Gasteiger partial charge in [0.2, 0.25) is 0 Å². The topological polar surface area (TPSA) is 0 Å². The van der Waals surface area contributed by atoms with Crippen LogP contribution in [0.15, 0.2) is 12.3 Å². The molecule has 4 heavy (non-hydrogen) atoms. The van der Waals surface area contributed by atoms with Crippen LogP contribution < -0.4 is 0 Å². The van der Waals surface area contributed by atoms with Crippen LogP contribution in [0.1, 0.15) is 0 Å². The maximum absolute atomic E-state index is 3.53. The van der Waals surface area contributed by atoms with E-state index in [1.807, 2.05) is 5.70 Å². The summed E-state index contributed by atoms with van der Waals surface area (Å²) < 4.78 is 0. The normalized spacial score (nSPS) is 9.25. The van der Waals surface area contributed by atoms with Gasteiger partial charge in [0, 0.05) is 0 Å². The first-order valence-electron chi connectivity index (χ1n) is 1.08. The Morgan fingerprint density at radius 1 is 2.00 bits per heavy atom. The molecule has 2 heteroatoms. The molecule has 0 radical (unpaired) electrons. The fourth-order valence-electron chi connectivity index (χ4n) is 0. The van der Waals surface area contributed by atoms with Gasteiger partial charge >= 0.3 is 0 Å². The molecule has 0 atom stereocenters. The lowest BCUT2D eigenvalue weighted by molar-refractivity contribution is 2.62. The van der Waals surface area contributed by atoms with E-state index in [0.717, 1.165) is 0 Å². The van der Waals surface area contributed by atoms with Crippen molar-refractivity contribution in [1.82, 2.24) is 0 Å². The molecule has 0 N–H and O–H groups in total. The van der Waals surface area contributed by atoms with E-state index in [0.29, 0.717) is 0 Å². The van der Waals surface area contributed by atoms with Gasteiger partial charge < -0.3 is 0 Å². The first-order valence-corrected chi connectivity index (χ1v) is 7.01. The second kappa shape index (κ2) is 3.69. The smallest absolute Gasteiger partial charge is 0.116 e. The zero-order chi connectivity index (χ0) is 3.41. The number of hydrogen-bond donors (Lipinski definition) is 0. The third-order valence-electron chi connectivity index (χ3n) is 0.109. The van der Waals surface area contributed by atoms with Crippen molar-refractivity contribution < 1.29 is 0 Å². The summed E-state index contributed by atoms with van der Waals surface area (Å²) in [4.78, 5) is 0. The molecule has 0 nitrogen and oxygen atoms in total. The Hall–Kier alpha value is 0.687. The molecule has 0 aromatic carbocycles. The van der Waals surface area contributed by atoms with Crippen LogP contribution in [0.5, 0.6) is 0 Å². The molecule has 0 unspecified atom stereocenters. The van der Waals surface area contributed by atoms with Crippen molar-refractivity contribution in [3.8, 4) is 0 Å². The molecule has 0 spiro atoms. The summed E-state index contributed by atoms with van der Waals surface area (Å²) in [5.74, 6) is 0. The third-order valence-corrected chi connectivity index (χ3v) is 2.20.